The molecule has 1 aromatic carbocycles. The van der Waals surface area contributed by atoms with E-state index in [4.69, 9.17) is 4.52 Å². The number of aromatic nitrogens is 2. The fraction of sp³-hybridized carbons (Fsp3) is 0.333. The predicted molar refractivity (Wildman–Crippen MR) is 60.8 cm³/mol. The van der Waals surface area contributed by atoms with Gasteiger partial charge in [-0.25, -0.2) is 8.78 Å². The topological polar surface area (TPSA) is 51.0 Å². The van der Waals surface area contributed by atoms with Crippen LogP contribution in [0.4, 0.5) is 8.78 Å². The Labute approximate surface area is 103 Å². The molecule has 0 aliphatic carbocycles. The minimum Gasteiger partial charge on any atom is -0.340 e. The molecule has 1 heterocycles. The van der Waals surface area contributed by atoms with Crippen molar-refractivity contribution in [2.75, 3.05) is 6.54 Å². The van der Waals surface area contributed by atoms with E-state index in [9.17, 15) is 8.78 Å². The Morgan fingerprint density at radius 3 is 2.94 bits per heavy atom. The second-order valence-corrected chi connectivity index (χ2v) is 3.93. The molecular weight excluding hydrogens is 240 g/mol. The standard InChI is InChI=1S/C12H13F2N3O/c1-8(10-6-9(13)2-3-11(10)14)15-5-4-12-16-7-17-18-12/h2-3,6-8,15H,4-5H2,1H3. The fourth-order valence-electron chi connectivity index (χ4n) is 1.66. The van der Waals surface area contributed by atoms with Gasteiger partial charge < -0.3 is 9.84 Å². The normalized spacial score (nSPS) is 12.6. The van der Waals surface area contributed by atoms with E-state index < -0.39 is 11.6 Å². The van der Waals surface area contributed by atoms with E-state index in [1.165, 1.54) is 12.4 Å². The molecule has 0 saturated heterocycles. The van der Waals surface area contributed by atoms with Gasteiger partial charge in [-0.2, -0.15) is 4.98 Å². The molecule has 1 atom stereocenters. The summed E-state index contributed by atoms with van der Waals surface area (Å²) >= 11 is 0. The summed E-state index contributed by atoms with van der Waals surface area (Å²) in [6.07, 6.45) is 1.87. The second-order valence-electron chi connectivity index (χ2n) is 3.93. The summed E-state index contributed by atoms with van der Waals surface area (Å²) in [4.78, 5) is 3.87. The Balaban J connectivity index is 1.91. The molecule has 1 unspecified atom stereocenters. The minimum atomic E-state index is -0.447. The van der Waals surface area contributed by atoms with Crippen LogP contribution in [-0.2, 0) is 6.42 Å². The average molecular weight is 253 g/mol. The second kappa shape index (κ2) is 5.68. The van der Waals surface area contributed by atoms with Gasteiger partial charge in [-0.05, 0) is 25.1 Å². The SMILES string of the molecule is CC(NCCc1ncno1)c1cc(F)ccc1F. The van der Waals surface area contributed by atoms with Gasteiger partial charge in [-0.1, -0.05) is 5.16 Å². The molecule has 18 heavy (non-hydrogen) atoms. The number of rotatable bonds is 5. The molecule has 0 amide bonds. The zero-order valence-electron chi connectivity index (χ0n) is 9.86. The summed E-state index contributed by atoms with van der Waals surface area (Å²) in [6, 6.07) is 3.13. The van der Waals surface area contributed by atoms with Gasteiger partial charge in [0, 0.05) is 24.6 Å². The van der Waals surface area contributed by atoms with E-state index in [1.54, 1.807) is 6.92 Å². The Morgan fingerprint density at radius 1 is 1.39 bits per heavy atom. The summed E-state index contributed by atoms with van der Waals surface area (Å²) in [5.41, 5.74) is 0.306. The number of hydrogen-bond acceptors (Lipinski definition) is 4. The van der Waals surface area contributed by atoms with Crippen LogP contribution in [0.3, 0.4) is 0 Å². The summed E-state index contributed by atoms with van der Waals surface area (Å²) in [6.45, 7) is 2.31. The van der Waals surface area contributed by atoms with E-state index in [0.29, 0.717) is 24.4 Å². The number of halogens is 2. The predicted octanol–water partition coefficient (Wildman–Crippen LogP) is 2.24. The van der Waals surface area contributed by atoms with Crippen molar-refractivity contribution in [2.45, 2.75) is 19.4 Å². The first-order valence-corrected chi connectivity index (χ1v) is 5.60. The number of hydrogen-bond donors (Lipinski definition) is 1. The molecule has 0 saturated carbocycles. The first-order valence-electron chi connectivity index (χ1n) is 5.60. The third kappa shape index (κ3) is 3.10. The lowest BCUT2D eigenvalue weighted by molar-refractivity contribution is 0.372. The quantitative estimate of drug-likeness (QED) is 0.887. The van der Waals surface area contributed by atoms with Crippen molar-refractivity contribution in [3.05, 3.63) is 47.6 Å². The Hall–Kier alpha value is -1.82. The summed E-state index contributed by atoms with van der Waals surface area (Å²) in [5, 5.41) is 6.55. The highest BCUT2D eigenvalue weighted by molar-refractivity contribution is 5.21. The summed E-state index contributed by atoms with van der Waals surface area (Å²) in [7, 11) is 0. The third-order valence-electron chi connectivity index (χ3n) is 2.62. The van der Waals surface area contributed by atoms with Crippen molar-refractivity contribution in [1.29, 1.82) is 0 Å². The van der Waals surface area contributed by atoms with Crippen LogP contribution < -0.4 is 5.32 Å². The van der Waals surface area contributed by atoms with Crippen molar-refractivity contribution in [1.82, 2.24) is 15.5 Å². The van der Waals surface area contributed by atoms with Crippen molar-refractivity contribution < 1.29 is 13.3 Å². The molecule has 6 heteroatoms. The molecule has 96 valence electrons. The van der Waals surface area contributed by atoms with E-state index >= 15 is 0 Å². The minimum absolute atomic E-state index is 0.288. The zero-order valence-corrected chi connectivity index (χ0v) is 9.86. The third-order valence-corrected chi connectivity index (χ3v) is 2.62. The van der Waals surface area contributed by atoms with Gasteiger partial charge in [-0.3, -0.25) is 0 Å². The monoisotopic (exact) mass is 253 g/mol. The average Bonchev–Trinajstić information content (AvgIpc) is 2.85. The van der Waals surface area contributed by atoms with Gasteiger partial charge in [-0.15, -0.1) is 0 Å². The van der Waals surface area contributed by atoms with Crippen molar-refractivity contribution >= 4 is 0 Å². The smallest absolute Gasteiger partial charge is 0.227 e. The van der Waals surface area contributed by atoms with Crippen molar-refractivity contribution in [3.8, 4) is 0 Å². The molecule has 0 radical (unpaired) electrons. The molecule has 0 aliphatic heterocycles. The van der Waals surface area contributed by atoms with Crippen LogP contribution in [0.25, 0.3) is 0 Å². The van der Waals surface area contributed by atoms with Crippen LogP contribution >= 0.6 is 0 Å². The van der Waals surface area contributed by atoms with Gasteiger partial charge in [0.15, 0.2) is 6.33 Å². The Kier molecular flexibility index (Phi) is 3.99. The molecule has 0 fully saturated rings. The first-order chi connectivity index (χ1) is 8.66. The highest BCUT2D eigenvalue weighted by Crippen LogP contribution is 2.17. The van der Waals surface area contributed by atoms with Gasteiger partial charge in [0.05, 0.1) is 0 Å². The van der Waals surface area contributed by atoms with Crippen LogP contribution in [0.15, 0.2) is 29.0 Å². The van der Waals surface area contributed by atoms with E-state index in [-0.39, 0.29) is 6.04 Å². The molecule has 1 N–H and O–H groups in total. The molecule has 1 aromatic heterocycles. The highest BCUT2D eigenvalue weighted by atomic mass is 19.1. The van der Waals surface area contributed by atoms with E-state index in [1.807, 2.05) is 0 Å². The van der Waals surface area contributed by atoms with Crippen LogP contribution in [0, 0.1) is 11.6 Å². The first kappa shape index (κ1) is 12.6. The summed E-state index contributed by atoms with van der Waals surface area (Å²) in [5.74, 6) is -0.361. The molecule has 0 aliphatic rings. The number of nitrogens with zero attached hydrogens (tertiary/aromatic N) is 2. The van der Waals surface area contributed by atoms with Crippen LogP contribution in [0.2, 0.25) is 0 Å². The van der Waals surface area contributed by atoms with E-state index in [0.717, 1.165) is 12.1 Å². The molecular formula is C12H13F2N3O. The maximum atomic E-state index is 13.5. The van der Waals surface area contributed by atoms with Crippen LogP contribution in [0.1, 0.15) is 24.4 Å². The van der Waals surface area contributed by atoms with Gasteiger partial charge in [0.2, 0.25) is 5.89 Å². The Morgan fingerprint density at radius 2 is 2.22 bits per heavy atom. The maximum absolute atomic E-state index is 13.5. The van der Waals surface area contributed by atoms with Crippen LogP contribution in [-0.4, -0.2) is 16.7 Å². The van der Waals surface area contributed by atoms with E-state index in [2.05, 4.69) is 15.5 Å². The van der Waals surface area contributed by atoms with Crippen LogP contribution in [0.5, 0.6) is 0 Å². The number of nitrogens with one attached hydrogen (secondary N) is 1. The Bertz CT molecular complexity index is 502. The molecule has 2 rings (SSSR count). The summed E-state index contributed by atoms with van der Waals surface area (Å²) < 4.78 is 31.3. The van der Waals surface area contributed by atoms with Gasteiger partial charge in [0.1, 0.15) is 11.6 Å². The molecule has 4 nitrogen and oxygen atoms in total. The largest absolute Gasteiger partial charge is 0.340 e. The number of benzene rings is 1. The van der Waals surface area contributed by atoms with Gasteiger partial charge >= 0.3 is 0 Å². The maximum Gasteiger partial charge on any atom is 0.227 e. The lowest BCUT2D eigenvalue weighted by Crippen LogP contribution is -2.22. The lowest BCUT2D eigenvalue weighted by atomic mass is 10.1. The van der Waals surface area contributed by atoms with Crippen molar-refractivity contribution in [3.63, 3.8) is 0 Å². The molecule has 2 aromatic rings. The lowest BCUT2D eigenvalue weighted by Gasteiger charge is -2.14. The fourth-order valence-corrected chi connectivity index (χ4v) is 1.66. The zero-order chi connectivity index (χ0) is 13.0. The highest BCUT2D eigenvalue weighted by Gasteiger charge is 2.11. The molecule has 0 bridgehead atoms. The molecule has 0 spiro atoms. The van der Waals surface area contributed by atoms with Crippen molar-refractivity contribution in [2.24, 2.45) is 0 Å². The van der Waals surface area contributed by atoms with Gasteiger partial charge in [0.25, 0.3) is 0 Å².